The van der Waals surface area contributed by atoms with Gasteiger partial charge in [-0.05, 0) is 6.07 Å². The van der Waals surface area contributed by atoms with E-state index in [0.717, 1.165) is 0 Å². The van der Waals surface area contributed by atoms with Crippen LogP contribution in [-0.2, 0) is 11.3 Å². The summed E-state index contributed by atoms with van der Waals surface area (Å²) < 4.78 is 18.9. The Kier molecular flexibility index (Phi) is 6.77. The lowest BCUT2D eigenvalue weighted by molar-refractivity contribution is 0.145. The van der Waals surface area contributed by atoms with Crippen LogP contribution in [0.2, 0.25) is 5.02 Å². The van der Waals surface area contributed by atoms with Crippen LogP contribution in [-0.4, -0.2) is 37.5 Å². The third kappa shape index (κ3) is 5.55. The zero-order valence-corrected chi connectivity index (χ0v) is 11.7. The van der Waals surface area contributed by atoms with Gasteiger partial charge in [0.05, 0.1) is 17.5 Å². The Morgan fingerprint density at radius 3 is 2.84 bits per heavy atom. The average Bonchev–Trinajstić information content (AvgIpc) is 2.37. The monoisotopic (exact) mass is 287 g/mol. The van der Waals surface area contributed by atoms with Crippen molar-refractivity contribution < 1.29 is 9.13 Å². The van der Waals surface area contributed by atoms with E-state index in [-0.39, 0.29) is 10.9 Å². The Morgan fingerprint density at radius 2 is 2.21 bits per heavy atom. The summed E-state index contributed by atoms with van der Waals surface area (Å²) >= 11 is 5.76. The van der Waals surface area contributed by atoms with Crippen molar-refractivity contribution in [2.45, 2.75) is 13.0 Å². The van der Waals surface area contributed by atoms with Crippen LogP contribution in [0.4, 0.5) is 4.39 Å². The van der Waals surface area contributed by atoms with Crippen LogP contribution in [0.15, 0.2) is 18.2 Å². The fourth-order valence-corrected chi connectivity index (χ4v) is 1.87. The highest BCUT2D eigenvalue weighted by Crippen LogP contribution is 2.19. The lowest BCUT2D eigenvalue weighted by atomic mass is 10.2. The number of benzene rings is 1. The molecule has 0 bridgehead atoms. The number of hydrogen-bond acceptors (Lipinski definition) is 3. The van der Waals surface area contributed by atoms with E-state index in [1.165, 1.54) is 6.07 Å². The molecule has 0 saturated carbocycles. The highest BCUT2D eigenvalue weighted by molar-refractivity contribution is 6.30. The normalized spacial score (nSPS) is 10.9. The van der Waals surface area contributed by atoms with E-state index in [1.54, 1.807) is 19.2 Å². The van der Waals surface area contributed by atoms with E-state index in [2.05, 4.69) is 0 Å². The molecule has 19 heavy (non-hydrogen) atoms. The Hall–Kier alpha value is -1.17. The molecule has 0 heterocycles. The van der Waals surface area contributed by atoms with Gasteiger partial charge >= 0.3 is 0 Å². The SMILES string of the molecule is COCCN(CCC(=N)N)Cc1cccc(Cl)c1F. The summed E-state index contributed by atoms with van der Waals surface area (Å²) in [7, 11) is 1.61. The quantitative estimate of drug-likeness (QED) is 0.569. The van der Waals surface area contributed by atoms with E-state index in [4.69, 9.17) is 27.5 Å². The largest absolute Gasteiger partial charge is 0.388 e. The molecule has 1 aromatic rings. The van der Waals surface area contributed by atoms with Crippen molar-refractivity contribution in [1.82, 2.24) is 4.90 Å². The predicted molar refractivity (Wildman–Crippen MR) is 75.1 cm³/mol. The molecule has 0 fully saturated rings. The van der Waals surface area contributed by atoms with Gasteiger partial charge < -0.3 is 10.5 Å². The highest BCUT2D eigenvalue weighted by Gasteiger charge is 2.11. The Morgan fingerprint density at radius 1 is 1.47 bits per heavy atom. The van der Waals surface area contributed by atoms with Gasteiger partial charge in [0.1, 0.15) is 5.82 Å². The van der Waals surface area contributed by atoms with E-state index < -0.39 is 5.82 Å². The molecular formula is C13H19ClFN3O. The minimum atomic E-state index is -0.394. The van der Waals surface area contributed by atoms with Crippen molar-refractivity contribution in [1.29, 1.82) is 5.41 Å². The number of ether oxygens (including phenoxy) is 1. The fourth-order valence-electron chi connectivity index (χ4n) is 1.68. The van der Waals surface area contributed by atoms with Crippen molar-refractivity contribution in [2.75, 3.05) is 26.8 Å². The van der Waals surface area contributed by atoms with Crippen molar-refractivity contribution in [3.05, 3.63) is 34.6 Å². The molecule has 0 saturated heterocycles. The highest BCUT2D eigenvalue weighted by atomic mass is 35.5. The van der Waals surface area contributed by atoms with Gasteiger partial charge in [0.2, 0.25) is 0 Å². The number of nitrogens with one attached hydrogen (secondary N) is 1. The maximum absolute atomic E-state index is 13.8. The van der Waals surface area contributed by atoms with Gasteiger partial charge in [-0.3, -0.25) is 10.3 Å². The van der Waals surface area contributed by atoms with Crippen LogP contribution >= 0.6 is 11.6 Å². The number of halogens is 2. The first-order chi connectivity index (χ1) is 9.04. The molecule has 6 heteroatoms. The fraction of sp³-hybridized carbons (Fsp3) is 0.462. The second kappa shape index (κ2) is 8.09. The summed E-state index contributed by atoms with van der Waals surface area (Å²) in [6, 6.07) is 4.95. The third-order valence-corrected chi connectivity index (χ3v) is 3.03. The Bertz CT molecular complexity index is 428. The van der Waals surface area contributed by atoms with Crippen LogP contribution in [0, 0.1) is 11.2 Å². The summed E-state index contributed by atoms with van der Waals surface area (Å²) in [6.45, 7) is 2.20. The van der Waals surface area contributed by atoms with E-state index >= 15 is 0 Å². The standard InChI is InChI=1S/C13H19ClFN3O/c1-19-8-7-18(6-5-12(16)17)9-10-3-2-4-11(14)13(10)15/h2-4H,5-9H2,1H3,(H3,16,17). The number of nitrogens with zero attached hydrogens (tertiary/aromatic N) is 1. The molecule has 1 aromatic carbocycles. The van der Waals surface area contributed by atoms with Crippen molar-refractivity contribution >= 4 is 17.4 Å². The van der Waals surface area contributed by atoms with Gasteiger partial charge in [-0.15, -0.1) is 0 Å². The van der Waals surface area contributed by atoms with Crippen molar-refractivity contribution in [2.24, 2.45) is 5.73 Å². The zero-order chi connectivity index (χ0) is 14.3. The summed E-state index contributed by atoms with van der Waals surface area (Å²) in [5.74, 6) is -0.275. The maximum atomic E-state index is 13.8. The molecule has 4 nitrogen and oxygen atoms in total. The number of nitrogens with two attached hydrogens (primary N) is 1. The first-order valence-electron chi connectivity index (χ1n) is 6.01. The average molecular weight is 288 g/mol. The van der Waals surface area contributed by atoms with Crippen LogP contribution < -0.4 is 5.73 Å². The van der Waals surface area contributed by atoms with Crippen molar-refractivity contribution in [3.8, 4) is 0 Å². The van der Waals surface area contributed by atoms with E-state index in [1.807, 2.05) is 4.90 Å². The van der Waals surface area contributed by atoms with Gasteiger partial charge in [0.15, 0.2) is 0 Å². The molecule has 0 amide bonds. The molecule has 0 radical (unpaired) electrons. The number of amidine groups is 1. The van der Waals surface area contributed by atoms with Gasteiger partial charge in [0.25, 0.3) is 0 Å². The van der Waals surface area contributed by atoms with E-state index in [0.29, 0.717) is 38.2 Å². The van der Waals surface area contributed by atoms with Gasteiger partial charge in [-0.1, -0.05) is 23.7 Å². The third-order valence-electron chi connectivity index (χ3n) is 2.73. The lowest BCUT2D eigenvalue weighted by Crippen LogP contribution is -2.31. The molecule has 0 aromatic heterocycles. The maximum Gasteiger partial charge on any atom is 0.146 e. The molecule has 3 N–H and O–H groups in total. The van der Waals surface area contributed by atoms with Crippen LogP contribution in [0.3, 0.4) is 0 Å². The Labute approximate surface area is 117 Å². The first-order valence-corrected chi connectivity index (χ1v) is 6.39. The lowest BCUT2D eigenvalue weighted by Gasteiger charge is -2.22. The molecule has 0 aliphatic carbocycles. The molecule has 1 rings (SSSR count). The predicted octanol–water partition coefficient (Wildman–Crippen LogP) is 2.25. The minimum Gasteiger partial charge on any atom is -0.388 e. The topological polar surface area (TPSA) is 62.3 Å². The Balaban J connectivity index is 2.69. The van der Waals surface area contributed by atoms with Gasteiger partial charge in [0, 0.05) is 38.7 Å². The molecule has 106 valence electrons. The number of rotatable bonds is 8. The molecule has 0 spiro atoms. The molecule has 0 unspecified atom stereocenters. The first kappa shape index (κ1) is 15.9. The zero-order valence-electron chi connectivity index (χ0n) is 11.0. The number of hydrogen-bond donors (Lipinski definition) is 2. The number of methoxy groups -OCH3 is 1. The van der Waals surface area contributed by atoms with Gasteiger partial charge in [-0.25, -0.2) is 4.39 Å². The smallest absolute Gasteiger partial charge is 0.146 e. The second-order valence-corrected chi connectivity index (χ2v) is 4.66. The summed E-state index contributed by atoms with van der Waals surface area (Å²) in [5, 5.41) is 7.37. The summed E-state index contributed by atoms with van der Waals surface area (Å²) in [5.41, 5.74) is 5.88. The second-order valence-electron chi connectivity index (χ2n) is 4.26. The summed E-state index contributed by atoms with van der Waals surface area (Å²) in [6.07, 6.45) is 0.450. The van der Waals surface area contributed by atoms with Crippen molar-refractivity contribution in [3.63, 3.8) is 0 Å². The molecule has 0 aliphatic rings. The molecular weight excluding hydrogens is 269 g/mol. The van der Waals surface area contributed by atoms with Crippen LogP contribution in [0.5, 0.6) is 0 Å². The van der Waals surface area contributed by atoms with E-state index in [9.17, 15) is 4.39 Å². The molecule has 0 aliphatic heterocycles. The van der Waals surface area contributed by atoms with Crippen LogP contribution in [0.1, 0.15) is 12.0 Å². The van der Waals surface area contributed by atoms with Crippen LogP contribution in [0.25, 0.3) is 0 Å². The minimum absolute atomic E-state index is 0.119. The summed E-state index contributed by atoms with van der Waals surface area (Å²) in [4.78, 5) is 1.99. The van der Waals surface area contributed by atoms with Gasteiger partial charge in [-0.2, -0.15) is 0 Å². The molecule has 0 atom stereocenters.